The van der Waals surface area contributed by atoms with Crippen LogP contribution in [-0.4, -0.2) is 32.1 Å². The second-order valence-electron chi connectivity index (χ2n) is 6.53. The molecule has 0 saturated heterocycles. The van der Waals surface area contributed by atoms with Gasteiger partial charge in [0.2, 0.25) is 5.91 Å². The van der Waals surface area contributed by atoms with Crippen LogP contribution in [0.1, 0.15) is 48.8 Å². The SMILES string of the molecule is CCOc1cccc([C@@H](C)NC(=O)CCc2c(C)nc3ncnn3c2C)c1. The van der Waals surface area contributed by atoms with E-state index in [9.17, 15) is 4.79 Å². The first-order chi connectivity index (χ1) is 13.0. The summed E-state index contributed by atoms with van der Waals surface area (Å²) in [5.74, 6) is 1.40. The quantitative estimate of drug-likeness (QED) is 0.694. The molecule has 0 aliphatic carbocycles. The summed E-state index contributed by atoms with van der Waals surface area (Å²) < 4.78 is 7.24. The summed E-state index contributed by atoms with van der Waals surface area (Å²) in [5, 5.41) is 7.25. The van der Waals surface area contributed by atoms with Gasteiger partial charge >= 0.3 is 0 Å². The number of hydrogen-bond acceptors (Lipinski definition) is 5. The molecular weight excluding hydrogens is 342 g/mol. The zero-order chi connectivity index (χ0) is 19.4. The number of carbonyl (C=O) groups is 1. The maximum absolute atomic E-state index is 12.4. The number of nitrogens with zero attached hydrogens (tertiary/aromatic N) is 4. The Kier molecular flexibility index (Phi) is 5.69. The van der Waals surface area contributed by atoms with Gasteiger partial charge in [0.1, 0.15) is 12.1 Å². The zero-order valence-electron chi connectivity index (χ0n) is 16.2. The molecule has 2 heterocycles. The summed E-state index contributed by atoms with van der Waals surface area (Å²) >= 11 is 0. The van der Waals surface area contributed by atoms with Crippen molar-refractivity contribution in [3.63, 3.8) is 0 Å². The van der Waals surface area contributed by atoms with E-state index in [1.54, 1.807) is 4.52 Å². The lowest BCUT2D eigenvalue weighted by atomic mass is 10.1. The van der Waals surface area contributed by atoms with Crippen LogP contribution in [-0.2, 0) is 11.2 Å². The van der Waals surface area contributed by atoms with Crippen LogP contribution < -0.4 is 10.1 Å². The second-order valence-corrected chi connectivity index (χ2v) is 6.53. The summed E-state index contributed by atoms with van der Waals surface area (Å²) in [4.78, 5) is 21.0. The normalized spacial score (nSPS) is 12.1. The van der Waals surface area contributed by atoms with Crippen molar-refractivity contribution >= 4 is 11.7 Å². The number of fused-ring (bicyclic) bond motifs is 1. The van der Waals surface area contributed by atoms with Gasteiger partial charge in [-0.3, -0.25) is 4.79 Å². The molecule has 0 radical (unpaired) electrons. The molecule has 3 rings (SSSR count). The molecular formula is C20H25N5O2. The predicted octanol–water partition coefficient (Wildman–Crippen LogP) is 2.95. The highest BCUT2D eigenvalue weighted by Gasteiger charge is 2.14. The van der Waals surface area contributed by atoms with Crippen molar-refractivity contribution in [2.45, 2.75) is 46.6 Å². The monoisotopic (exact) mass is 367 g/mol. The maximum Gasteiger partial charge on any atom is 0.252 e. The number of aryl methyl sites for hydroxylation is 2. The van der Waals surface area contributed by atoms with Crippen LogP contribution in [0.25, 0.3) is 5.78 Å². The minimum atomic E-state index is -0.0870. The minimum absolute atomic E-state index is 0.00167. The van der Waals surface area contributed by atoms with Crippen LogP contribution in [0.3, 0.4) is 0 Å². The van der Waals surface area contributed by atoms with Gasteiger partial charge in [0.15, 0.2) is 0 Å². The highest BCUT2D eigenvalue weighted by atomic mass is 16.5. The first kappa shape index (κ1) is 18.8. The fourth-order valence-corrected chi connectivity index (χ4v) is 3.19. The van der Waals surface area contributed by atoms with Gasteiger partial charge in [-0.25, -0.2) is 9.50 Å². The van der Waals surface area contributed by atoms with Crippen LogP contribution in [0.4, 0.5) is 0 Å². The average Bonchev–Trinajstić information content (AvgIpc) is 3.10. The first-order valence-corrected chi connectivity index (χ1v) is 9.17. The van der Waals surface area contributed by atoms with Gasteiger partial charge in [0.05, 0.1) is 12.6 Å². The standard InChI is InChI=1S/C20H25N5O2/c1-5-27-17-8-6-7-16(11-17)13(2)23-19(26)10-9-18-14(3)24-20-21-12-22-25(20)15(18)4/h6-8,11-13H,5,9-10H2,1-4H3,(H,23,26)/t13-/m1/s1. The molecule has 0 bridgehead atoms. The molecule has 1 atom stereocenters. The van der Waals surface area contributed by atoms with E-state index >= 15 is 0 Å². The average molecular weight is 367 g/mol. The third kappa shape index (κ3) is 4.24. The fourth-order valence-electron chi connectivity index (χ4n) is 3.19. The predicted molar refractivity (Wildman–Crippen MR) is 103 cm³/mol. The van der Waals surface area contributed by atoms with Gasteiger partial charge in [0.25, 0.3) is 5.78 Å². The number of benzene rings is 1. The van der Waals surface area contributed by atoms with E-state index in [0.717, 1.165) is 28.3 Å². The van der Waals surface area contributed by atoms with Gasteiger partial charge in [-0.2, -0.15) is 10.1 Å². The minimum Gasteiger partial charge on any atom is -0.494 e. The molecule has 1 N–H and O–H groups in total. The summed E-state index contributed by atoms with van der Waals surface area (Å²) in [7, 11) is 0. The number of amides is 1. The molecule has 1 amide bonds. The molecule has 2 aromatic heterocycles. The number of hydrogen-bond donors (Lipinski definition) is 1. The Morgan fingerprint density at radius 3 is 2.93 bits per heavy atom. The van der Waals surface area contributed by atoms with Crippen molar-refractivity contribution in [1.82, 2.24) is 24.9 Å². The lowest BCUT2D eigenvalue weighted by Crippen LogP contribution is -2.27. The third-order valence-corrected chi connectivity index (χ3v) is 4.64. The van der Waals surface area contributed by atoms with Crippen LogP contribution in [0.15, 0.2) is 30.6 Å². The molecule has 0 unspecified atom stereocenters. The number of carbonyl (C=O) groups excluding carboxylic acids is 1. The topological polar surface area (TPSA) is 81.4 Å². The van der Waals surface area contributed by atoms with Crippen LogP contribution >= 0.6 is 0 Å². The van der Waals surface area contributed by atoms with E-state index in [1.165, 1.54) is 6.33 Å². The molecule has 27 heavy (non-hydrogen) atoms. The molecule has 0 saturated carbocycles. The van der Waals surface area contributed by atoms with Crippen LogP contribution in [0, 0.1) is 13.8 Å². The number of ether oxygens (including phenoxy) is 1. The Labute approximate surface area is 158 Å². The highest BCUT2D eigenvalue weighted by Crippen LogP contribution is 2.20. The smallest absolute Gasteiger partial charge is 0.252 e. The number of aromatic nitrogens is 4. The molecule has 0 spiro atoms. The van der Waals surface area contributed by atoms with Gasteiger partial charge in [-0.1, -0.05) is 12.1 Å². The Balaban J connectivity index is 1.64. The molecule has 142 valence electrons. The summed E-state index contributed by atoms with van der Waals surface area (Å²) in [6, 6.07) is 7.72. The van der Waals surface area contributed by atoms with Gasteiger partial charge < -0.3 is 10.1 Å². The largest absolute Gasteiger partial charge is 0.494 e. The molecule has 0 aliphatic heterocycles. The highest BCUT2D eigenvalue weighted by molar-refractivity contribution is 5.76. The number of rotatable bonds is 7. The Bertz CT molecular complexity index is 951. The third-order valence-electron chi connectivity index (χ3n) is 4.64. The summed E-state index contributed by atoms with van der Waals surface area (Å²) in [6.45, 7) is 8.46. The molecule has 7 nitrogen and oxygen atoms in total. The summed E-state index contributed by atoms with van der Waals surface area (Å²) in [6.07, 6.45) is 2.49. The lowest BCUT2D eigenvalue weighted by molar-refractivity contribution is -0.121. The van der Waals surface area contributed by atoms with E-state index in [2.05, 4.69) is 20.4 Å². The van der Waals surface area contributed by atoms with E-state index in [-0.39, 0.29) is 11.9 Å². The Morgan fingerprint density at radius 1 is 1.33 bits per heavy atom. The van der Waals surface area contributed by atoms with E-state index in [0.29, 0.717) is 25.2 Å². The molecule has 3 aromatic rings. The molecule has 0 fully saturated rings. The van der Waals surface area contributed by atoms with E-state index < -0.39 is 0 Å². The van der Waals surface area contributed by atoms with Crippen molar-refractivity contribution in [2.24, 2.45) is 0 Å². The Hall–Kier alpha value is -2.96. The van der Waals surface area contributed by atoms with Gasteiger partial charge in [0, 0.05) is 17.8 Å². The van der Waals surface area contributed by atoms with Crippen molar-refractivity contribution < 1.29 is 9.53 Å². The maximum atomic E-state index is 12.4. The van der Waals surface area contributed by atoms with Crippen molar-refractivity contribution in [3.8, 4) is 5.75 Å². The van der Waals surface area contributed by atoms with E-state index in [4.69, 9.17) is 4.74 Å². The molecule has 1 aromatic carbocycles. The number of nitrogens with one attached hydrogen (secondary N) is 1. The van der Waals surface area contributed by atoms with Crippen LogP contribution in [0.2, 0.25) is 0 Å². The Morgan fingerprint density at radius 2 is 2.15 bits per heavy atom. The van der Waals surface area contributed by atoms with E-state index in [1.807, 2.05) is 52.0 Å². The van der Waals surface area contributed by atoms with Crippen molar-refractivity contribution in [1.29, 1.82) is 0 Å². The summed E-state index contributed by atoms with van der Waals surface area (Å²) in [5.41, 5.74) is 3.92. The van der Waals surface area contributed by atoms with Crippen LogP contribution in [0.5, 0.6) is 5.75 Å². The van der Waals surface area contributed by atoms with Gasteiger partial charge in [-0.15, -0.1) is 0 Å². The molecule has 7 heteroatoms. The fraction of sp³-hybridized carbons (Fsp3) is 0.400. The second kappa shape index (κ2) is 8.16. The van der Waals surface area contributed by atoms with Gasteiger partial charge in [-0.05, 0) is 57.4 Å². The van der Waals surface area contributed by atoms with Crippen molar-refractivity contribution in [3.05, 3.63) is 53.1 Å². The molecule has 0 aliphatic rings. The first-order valence-electron chi connectivity index (χ1n) is 9.17. The zero-order valence-corrected chi connectivity index (χ0v) is 16.2. The van der Waals surface area contributed by atoms with Crippen molar-refractivity contribution in [2.75, 3.05) is 6.61 Å². The lowest BCUT2D eigenvalue weighted by Gasteiger charge is -2.16.